The number of benzene rings is 1. The van der Waals surface area contributed by atoms with Crippen molar-refractivity contribution in [2.45, 2.75) is 26.4 Å². The van der Waals surface area contributed by atoms with Crippen LogP contribution in [0.3, 0.4) is 0 Å². The summed E-state index contributed by atoms with van der Waals surface area (Å²) in [7, 11) is 1.35. The first-order chi connectivity index (χ1) is 10.2. The lowest BCUT2D eigenvalue weighted by Crippen LogP contribution is -2.10. The lowest BCUT2D eigenvalue weighted by atomic mass is 10.2. The number of hydrogen-bond donors (Lipinski definition) is 1. The standard InChI is InChI=1S/C15H18ClN3O2/c1-3-8-19-12(6-7-18-19)10-17-14-9-11(15(20)21-2)4-5-13(14)16/h4-7,9,17H,3,8,10H2,1-2H3. The highest BCUT2D eigenvalue weighted by atomic mass is 35.5. The highest BCUT2D eigenvalue weighted by Crippen LogP contribution is 2.24. The first-order valence-electron chi connectivity index (χ1n) is 6.78. The molecule has 2 aromatic rings. The Morgan fingerprint density at radius 2 is 2.24 bits per heavy atom. The number of ether oxygens (including phenoxy) is 1. The van der Waals surface area contributed by atoms with Crippen molar-refractivity contribution < 1.29 is 9.53 Å². The number of aryl methyl sites for hydroxylation is 1. The van der Waals surface area contributed by atoms with Crippen LogP contribution >= 0.6 is 11.6 Å². The second-order valence-corrected chi connectivity index (χ2v) is 4.99. The second-order valence-electron chi connectivity index (χ2n) is 4.59. The minimum absolute atomic E-state index is 0.384. The molecule has 0 aliphatic heterocycles. The Morgan fingerprint density at radius 1 is 1.43 bits per heavy atom. The van der Waals surface area contributed by atoms with Gasteiger partial charge in [0.1, 0.15) is 0 Å². The first kappa shape index (κ1) is 15.4. The third-order valence-electron chi connectivity index (χ3n) is 3.09. The highest BCUT2D eigenvalue weighted by molar-refractivity contribution is 6.33. The van der Waals surface area contributed by atoms with Crippen molar-refractivity contribution in [2.24, 2.45) is 0 Å². The van der Waals surface area contributed by atoms with Crippen molar-refractivity contribution >= 4 is 23.3 Å². The van der Waals surface area contributed by atoms with Gasteiger partial charge in [0.25, 0.3) is 0 Å². The number of esters is 1. The van der Waals surface area contributed by atoms with Gasteiger partial charge in [-0.05, 0) is 30.7 Å². The number of aromatic nitrogens is 2. The summed E-state index contributed by atoms with van der Waals surface area (Å²) in [6, 6.07) is 6.97. The molecule has 0 spiro atoms. The number of rotatable bonds is 6. The van der Waals surface area contributed by atoms with Crippen LogP contribution < -0.4 is 5.32 Å². The maximum atomic E-state index is 11.5. The molecule has 0 aliphatic carbocycles. The summed E-state index contributed by atoms with van der Waals surface area (Å²) in [4.78, 5) is 11.5. The van der Waals surface area contributed by atoms with Gasteiger partial charge in [-0.1, -0.05) is 18.5 Å². The van der Waals surface area contributed by atoms with E-state index < -0.39 is 0 Å². The Morgan fingerprint density at radius 3 is 2.95 bits per heavy atom. The average Bonchev–Trinajstić information content (AvgIpc) is 2.93. The Bertz CT molecular complexity index is 625. The molecule has 6 heteroatoms. The van der Waals surface area contributed by atoms with Gasteiger partial charge in [-0.2, -0.15) is 5.10 Å². The molecule has 0 aliphatic rings. The molecule has 0 fully saturated rings. The van der Waals surface area contributed by atoms with Crippen LogP contribution in [0.15, 0.2) is 30.5 Å². The summed E-state index contributed by atoms with van der Waals surface area (Å²) in [5.74, 6) is -0.384. The molecule has 21 heavy (non-hydrogen) atoms. The molecular weight excluding hydrogens is 290 g/mol. The summed E-state index contributed by atoms with van der Waals surface area (Å²) in [6.45, 7) is 3.57. The number of halogens is 1. The maximum Gasteiger partial charge on any atom is 0.337 e. The third-order valence-corrected chi connectivity index (χ3v) is 3.42. The first-order valence-corrected chi connectivity index (χ1v) is 7.16. The van der Waals surface area contributed by atoms with E-state index in [-0.39, 0.29) is 5.97 Å². The highest BCUT2D eigenvalue weighted by Gasteiger charge is 2.09. The van der Waals surface area contributed by atoms with Gasteiger partial charge in [0, 0.05) is 12.7 Å². The Balaban J connectivity index is 2.12. The number of nitrogens with zero attached hydrogens (tertiary/aromatic N) is 2. The molecule has 0 saturated carbocycles. The minimum atomic E-state index is -0.384. The molecule has 2 rings (SSSR count). The number of hydrogen-bond acceptors (Lipinski definition) is 4. The van der Waals surface area contributed by atoms with E-state index in [0.29, 0.717) is 22.8 Å². The van der Waals surface area contributed by atoms with E-state index in [1.807, 2.05) is 10.7 Å². The summed E-state index contributed by atoms with van der Waals surface area (Å²) in [5.41, 5.74) is 2.23. The molecule has 0 saturated heterocycles. The molecule has 0 amide bonds. The Labute approximate surface area is 128 Å². The monoisotopic (exact) mass is 307 g/mol. The summed E-state index contributed by atoms with van der Waals surface area (Å²) in [5, 5.41) is 8.06. The van der Waals surface area contributed by atoms with Crippen molar-refractivity contribution in [3.63, 3.8) is 0 Å². The quantitative estimate of drug-likeness (QED) is 0.832. The normalized spacial score (nSPS) is 10.4. The predicted octanol–water partition coefficient (Wildman–Crippen LogP) is 3.35. The van der Waals surface area contributed by atoms with E-state index in [9.17, 15) is 4.79 Å². The van der Waals surface area contributed by atoms with Gasteiger partial charge in [-0.25, -0.2) is 4.79 Å². The molecule has 0 unspecified atom stereocenters. The van der Waals surface area contributed by atoms with Gasteiger partial charge in [-0.15, -0.1) is 0 Å². The van der Waals surface area contributed by atoms with Crippen LogP contribution in [0, 0.1) is 0 Å². The molecular formula is C15H18ClN3O2. The van der Waals surface area contributed by atoms with Gasteiger partial charge in [0.15, 0.2) is 0 Å². The fourth-order valence-corrected chi connectivity index (χ4v) is 2.20. The van der Waals surface area contributed by atoms with E-state index in [2.05, 4.69) is 17.3 Å². The SMILES string of the molecule is CCCn1nccc1CNc1cc(C(=O)OC)ccc1Cl. The van der Waals surface area contributed by atoms with Crippen molar-refractivity contribution in [2.75, 3.05) is 12.4 Å². The Kier molecular flexibility index (Phi) is 5.22. The van der Waals surface area contributed by atoms with Crippen molar-refractivity contribution in [1.29, 1.82) is 0 Å². The topological polar surface area (TPSA) is 56.2 Å². The maximum absolute atomic E-state index is 11.5. The molecule has 112 valence electrons. The summed E-state index contributed by atoms with van der Waals surface area (Å²) >= 11 is 6.15. The molecule has 1 aromatic heterocycles. The molecule has 1 N–H and O–H groups in total. The minimum Gasteiger partial charge on any atom is -0.465 e. The van der Waals surface area contributed by atoms with Gasteiger partial charge in [0.2, 0.25) is 0 Å². The van der Waals surface area contributed by atoms with E-state index in [0.717, 1.165) is 18.7 Å². The lowest BCUT2D eigenvalue weighted by Gasteiger charge is -2.11. The number of methoxy groups -OCH3 is 1. The van der Waals surface area contributed by atoms with Gasteiger partial charge in [0.05, 0.1) is 35.6 Å². The molecule has 5 nitrogen and oxygen atoms in total. The summed E-state index contributed by atoms with van der Waals surface area (Å²) in [6.07, 6.45) is 2.80. The Hall–Kier alpha value is -2.01. The zero-order chi connectivity index (χ0) is 15.2. The van der Waals surface area contributed by atoms with Gasteiger partial charge in [-0.3, -0.25) is 4.68 Å². The predicted molar refractivity (Wildman–Crippen MR) is 82.6 cm³/mol. The van der Waals surface area contributed by atoms with E-state index in [1.165, 1.54) is 7.11 Å². The molecule has 0 radical (unpaired) electrons. The molecule has 0 atom stereocenters. The lowest BCUT2D eigenvalue weighted by molar-refractivity contribution is 0.0601. The second kappa shape index (κ2) is 7.13. The van der Waals surface area contributed by atoms with Crippen LogP contribution in [0.25, 0.3) is 0 Å². The van der Waals surface area contributed by atoms with Crippen molar-refractivity contribution in [3.8, 4) is 0 Å². The fraction of sp³-hybridized carbons (Fsp3) is 0.333. The number of nitrogens with one attached hydrogen (secondary N) is 1. The fourth-order valence-electron chi connectivity index (χ4n) is 2.01. The van der Waals surface area contributed by atoms with Crippen LogP contribution in [0.4, 0.5) is 5.69 Å². The molecule has 1 heterocycles. The van der Waals surface area contributed by atoms with E-state index in [4.69, 9.17) is 16.3 Å². The molecule has 0 bridgehead atoms. The van der Waals surface area contributed by atoms with Crippen molar-refractivity contribution in [1.82, 2.24) is 9.78 Å². The van der Waals surface area contributed by atoms with Crippen LogP contribution in [-0.2, 0) is 17.8 Å². The average molecular weight is 308 g/mol. The van der Waals surface area contributed by atoms with Crippen LogP contribution in [0.5, 0.6) is 0 Å². The van der Waals surface area contributed by atoms with Gasteiger partial charge < -0.3 is 10.1 Å². The smallest absolute Gasteiger partial charge is 0.337 e. The van der Waals surface area contributed by atoms with Gasteiger partial charge >= 0.3 is 5.97 Å². The number of carbonyl (C=O) groups is 1. The van der Waals surface area contributed by atoms with Crippen LogP contribution in [0.1, 0.15) is 29.4 Å². The van der Waals surface area contributed by atoms with Crippen LogP contribution in [0.2, 0.25) is 5.02 Å². The zero-order valence-corrected chi connectivity index (χ0v) is 12.9. The third kappa shape index (κ3) is 3.76. The van der Waals surface area contributed by atoms with Crippen LogP contribution in [-0.4, -0.2) is 22.9 Å². The zero-order valence-electron chi connectivity index (χ0n) is 12.1. The molecule has 1 aromatic carbocycles. The summed E-state index contributed by atoms with van der Waals surface area (Å²) < 4.78 is 6.66. The van der Waals surface area contributed by atoms with E-state index in [1.54, 1.807) is 24.4 Å². The van der Waals surface area contributed by atoms with Crippen molar-refractivity contribution in [3.05, 3.63) is 46.7 Å². The number of anilines is 1. The van der Waals surface area contributed by atoms with E-state index >= 15 is 0 Å². The number of carbonyl (C=O) groups excluding carboxylic acids is 1. The largest absolute Gasteiger partial charge is 0.465 e.